The van der Waals surface area contributed by atoms with Gasteiger partial charge in [-0.25, -0.2) is 9.37 Å². The number of fused-ring (bicyclic) bond motifs is 1. The Bertz CT molecular complexity index is 818. The molecule has 2 heterocycles. The molecular formula is C14H12ClFN4OS. The summed E-state index contributed by atoms with van der Waals surface area (Å²) in [4.78, 5) is 16.5. The fraction of sp³-hybridized carbons (Fsp3) is 0.214. The maximum atomic E-state index is 13.8. The van der Waals surface area contributed by atoms with Crippen LogP contribution in [-0.4, -0.2) is 26.7 Å². The molecule has 0 saturated carbocycles. The minimum atomic E-state index is -0.423. The summed E-state index contributed by atoms with van der Waals surface area (Å²) in [6, 6.07) is 4.50. The lowest BCUT2D eigenvalue weighted by Crippen LogP contribution is -2.35. The number of carbonyl (C=O) groups is 1. The van der Waals surface area contributed by atoms with Crippen molar-refractivity contribution >= 4 is 38.9 Å². The van der Waals surface area contributed by atoms with E-state index in [2.05, 4.69) is 15.4 Å². The lowest BCUT2D eigenvalue weighted by molar-refractivity contribution is 0.0940. The van der Waals surface area contributed by atoms with E-state index in [4.69, 9.17) is 11.6 Å². The van der Waals surface area contributed by atoms with Crippen LogP contribution in [0.4, 0.5) is 4.39 Å². The Balaban J connectivity index is 1.80. The van der Waals surface area contributed by atoms with E-state index < -0.39 is 5.82 Å². The zero-order valence-corrected chi connectivity index (χ0v) is 13.2. The first-order chi connectivity index (χ1) is 10.6. The molecule has 114 valence electrons. The van der Waals surface area contributed by atoms with E-state index in [1.54, 1.807) is 23.1 Å². The Hall–Kier alpha value is -1.99. The summed E-state index contributed by atoms with van der Waals surface area (Å²) in [6.45, 7) is 2.34. The van der Waals surface area contributed by atoms with Gasteiger partial charge in [-0.1, -0.05) is 17.7 Å². The molecule has 0 aliphatic heterocycles. The topological polar surface area (TPSA) is 59.8 Å². The third-order valence-electron chi connectivity index (χ3n) is 3.12. The number of amides is 1. The number of nitrogens with zero attached hydrogens (tertiary/aromatic N) is 3. The minimum absolute atomic E-state index is 0.156. The summed E-state index contributed by atoms with van der Waals surface area (Å²) in [6.07, 6.45) is 3.00. The van der Waals surface area contributed by atoms with Gasteiger partial charge in [-0.3, -0.25) is 9.48 Å². The highest BCUT2D eigenvalue weighted by molar-refractivity contribution is 7.21. The molecule has 2 aromatic heterocycles. The fourth-order valence-corrected chi connectivity index (χ4v) is 3.62. The summed E-state index contributed by atoms with van der Waals surface area (Å²) in [7, 11) is 0. The van der Waals surface area contributed by atoms with Crippen LogP contribution >= 0.6 is 22.9 Å². The van der Waals surface area contributed by atoms with Crippen LogP contribution < -0.4 is 5.32 Å². The number of aromatic nitrogens is 3. The molecule has 0 saturated heterocycles. The van der Waals surface area contributed by atoms with E-state index >= 15 is 0 Å². The number of rotatable bonds is 4. The van der Waals surface area contributed by atoms with Gasteiger partial charge in [0.25, 0.3) is 5.91 Å². The molecule has 3 aromatic rings. The van der Waals surface area contributed by atoms with Gasteiger partial charge in [-0.05, 0) is 19.1 Å². The first-order valence-corrected chi connectivity index (χ1v) is 7.75. The van der Waals surface area contributed by atoms with E-state index in [0.29, 0.717) is 21.5 Å². The Labute approximate surface area is 134 Å². The molecule has 3 rings (SSSR count). The highest BCUT2D eigenvalue weighted by Crippen LogP contribution is 2.36. The number of thiophene rings is 1. The molecule has 5 nitrogen and oxygen atoms in total. The molecule has 0 radical (unpaired) electrons. The standard InChI is InChI=1S/C14H12ClFN4OS/c1-8(5-20-7-17-6-18-20)19-14(21)13-12(15)11-9(16)3-2-4-10(11)22-13/h2-4,6-8H,5H2,1H3,(H,19,21)/t8-/m1/s1. The SMILES string of the molecule is C[C@H](Cn1cncn1)NC(=O)c1sc2cccc(F)c2c1Cl. The number of hydrogen-bond acceptors (Lipinski definition) is 4. The first kappa shape index (κ1) is 14.9. The summed E-state index contributed by atoms with van der Waals surface area (Å²) >= 11 is 7.34. The molecule has 1 atom stereocenters. The van der Waals surface area contributed by atoms with Crippen molar-refractivity contribution in [3.63, 3.8) is 0 Å². The molecule has 22 heavy (non-hydrogen) atoms. The summed E-state index contributed by atoms with van der Waals surface area (Å²) in [5.74, 6) is -0.744. The second kappa shape index (κ2) is 6.02. The van der Waals surface area contributed by atoms with Gasteiger partial charge in [0.15, 0.2) is 0 Å². The van der Waals surface area contributed by atoms with Crippen molar-refractivity contribution < 1.29 is 9.18 Å². The predicted molar refractivity (Wildman–Crippen MR) is 83.7 cm³/mol. The monoisotopic (exact) mass is 338 g/mol. The van der Waals surface area contributed by atoms with E-state index in [1.165, 1.54) is 23.7 Å². The first-order valence-electron chi connectivity index (χ1n) is 6.56. The van der Waals surface area contributed by atoms with Gasteiger partial charge in [-0.15, -0.1) is 11.3 Å². The third-order valence-corrected chi connectivity index (χ3v) is 4.76. The molecule has 0 spiro atoms. The van der Waals surface area contributed by atoms with Crippen LogP contribution in [0.2, 0.25) is 5.02 Å². The molecule has 1 aromatic carbocycles. The molecule has 0 aliphatic carbocycles. The molecule has 0 bridgehead atoms. The van der Waals surface area contributed by atoms with E-state index in [0.717, 1.165) is 0 Å². The van der Waals surface area contributed by atoms with Crippen molar-refractivity contribution in [2.75, 3.05) is 0 Å². The van der Waals surface area contributed by atoms with Gasteiger partial charge in [0, 0.05) is 16.1 Å². The molecule has 1 N–H and O–H groups in total. The lowest BCUT2D eigenvalue weighted by Gasteiger charge is -2.12. The molecular weight excluding hydrogens is 327 g/mol. The van der Waals surface area contributed by atoms with Crippen LogP contribution in [0.1, 0.15) is 16.6 Å². The van der Waals surface area contributed by atoms with Gasteiger partial charge in [0.2, 0.25) is 0 Å². The van der Waals surface area contributed by atoms with Crippen LogP contribution in [0.25, 0.3) is 10.1 Å². The Morgan fingerprint density at radius 3 is 3.05 bits per heavy atom. The van der Waals surface area contributed by atoms with Crippen molar-refractivity contribution in [2.24, 2.45) is 0 Å². The van der Waals surface area contributed by atoms with E-state index in [9.17, 15) is 9.18 Å². The van der Waals surface area contributed by atoms with Crippen LogP contribution in [0, 0.1) is 5.82 Å². The number of hydrogen-bond donors (Lipinski definition) is 1. The van der Waals surface area contributed by atoms with E-state index in [-0.39, 0.29) is 17.0 Å². The average Bonchev–Trinajstić information content (AvgIpc) is 3.07. The number of nitrogens with one attached hydrogen (secondary N) is 1. The maximum Gasteiger partial charge on any atom is 0.263 e. The van der Waals surface area contributed by atoms with Crippen molar-refractivity contribution in [1.29, 1.82) is 0 Å². The molecule has 0 aliphatic rings. The Morgan fingerprint density at radius 1 is 1.55 bits per heavy atom. The zero-order chi connectivity index (χ0) is 15.7. The van der Waals surface area contributed by atoms with Crippen molar-refractivity contribution in [1.82, 2.24) is 20.1 Å². The number of benzene rings is 1. The van der Waals surface area contributed by atoms with Crippen LogP contribution in [0.5, 0.6) is 0 Å². The Kier molecular flexibility index (Phi) is 4.08. The largest absolute Gasteiger partial charge is 0.347 e. The second-order valence-electron chi connectivity index (χ2n) is 4.85. The quantitative estimate of drug-likeness (QED) is 0.795. The van der Waals surface area contributed by atoms with E-state index in [1.807, 2.05) is 6.92 Å². The van der Waals surface area contributed by atoms with Crippen molar-refractivity contribution in [2.45, 2.75) is 19.5 Å². The predicted octanol–water partition coefficient (Wildman–Crippen LogP) is 3.10. The average molecular weight is 339 g/mol. The van der Waals surface area contributed by atoms with Gasteiger partial charge < -0.3 is 5.32 Å². The van der Waals surface area contributed by atoms with Crippen molar-refractivity contribution in [3.8, 4) is 0 Å². The smallest absolute Gasteiger partial charge is 0.263 e. The summed E-state index contributed by atoms with van der Waals surface area (Å²) < 4.78 is 16.1. The lowest BCUT2D eigenvalue weighted by atomic mass is 10.2. The van der Waals surface area contributed by atoms with Crippen LogP contribution in [0.3, 0.4) is 0 Å². The Morgan fingerprint density at radius 2 is 2.36 bits per heavy atom. The van der Waals surface area contributed by atoms with Crippen molar-refractivity contribution in [3.05, 3.63) is 46.6 Å². The fourth-order valence-electron chi connectivity index (χ4n) is 2.16. The van der Waals surface area contributed by atoms with Crippen LogP contribution in [0.15, 0.2) is 30.9 Å². The molecule has 8 heteroatoms. The number of carbonyl (C=O) groups excluding carboxylic acids is 1. The molecule has 1 amide bonds. The second-order valence-corrected chi connectivity index (χ2v) is 6.28. The highest BCUT2D eigenvalue weighted by atomic mass is 35.5. The van der Waals surface area contributed by atoms with Gasteiger partial charge in [0.05, 0.1) is 11.6 Å². The zero-order valence-electron chi connectivity index (χ0n) is 11.6. The summed E-state index contributed by atoms with van der Waals surface area (Å²) in [5, 5.41) is 7.26. The van der Waals surface area contributed by atoms with Gasteiger partial charge >= 0.3 is 0 Å². The maximum absolute atomic E-state index is 13.8. The normalized spacial score (nSPS) is 12.5. The van der Waals surface area contributed by atoms with Gasteiger partial charge in [-0.2, -0.15) is 5.10 Å². The summed E-state index contributed by atoms with van der Waals surface area (Å²) in [5.41, 5.74) is 0. The minimum Gasteiger partial charge on any atom is -0.347 e. The van der Waals surface area contributed by atoms with Gasteiger partial charge in [0.1, 0.15) is 23.3 Å². The molecule has 0 unspecified atom stereocenters. The molecule has 0 fully saturated rings. The number of halogens is 2. The van der Waals surface area contributed by atoms with Crippen LogP contribution in [-0.2, 0) is 6.54 Å². The highest BCUT2D eigenvalue weighted by Gasteiger charge is 2.20. The third kappa shape index (κ3) is 2.82.